The zero-order valence-corrected chi connectivity index (χ0v) is 13.4. The fourth-order valence-corrected chi connectivity index (χ4v) is 2.35. The molecule has 1 atom stereocenters. The van der Waals surface area contributed by atoms with Gasteiger partial charge in [-0.15, -0.1) is 0 Å². The Morgan fingerprint density at radius 1 is 1.26 bits per heavy atom. The second-order valence-corrected chi connectivity index (χ2v) is 5.26. The van der Waals surface area contributed by atoms with Crippen molar-refractivity contribution in [1.29, 1.82) is 0 Å². The largest absolute Gasteiger partial charge is 0.494 e. The van der Waals surface area contributed by atoms with Crippen molar-refractivity contribution in [1.82, 2.24) is 0 Å². The van der Waals surface area contributed by atoms with Gasteiger partial charge in [-0.1, -0.05) is 0 Å². The van der Waals surface area contributed by atoms with Crippen LogP contribution >= 0.6 is 0 Å². The van der Waals surface area contributed by atoms with Gasteiger partial charge in [0, 0.05) is 6.42 Å². The number of hydrogen-bond acceptors (Lipinski definition) is 6. The Morgan fingerprint density at radius 3 is 2.43 bits per heavy atom. The number of carbonyl (C=O) groups is 2. The number of carbonyl (C=O) groups excluding carboxylic acids is 1. The Labute approximate surface area is 134 Å². The van der Waals surface area contributed by atoms with E-state index in [-0.39, 0.29) is 18.7 Å². The van der Waals surface area contributed by atoms with E-state index in [4.69, 9.17) is 9.47 Å². The molecule has 1 aliphatic rings. The van der Waals surface area contributed by atoms with E-state index < -0.39 is 17.5 Å². The fraction of sp³-hybridized carbons (Fsp3) is 0.438. The second kappa shape index (κ2) is 6.68. The topological polar surface area (TPSA) is 88.4 Å². The van der Waals surface area contributed by atoms with Crippen molar-refractivity contribution in [3.05, 3.63) is 24.3 Å². The van der Waals surface area contributed by atoms with Gasteiger partial charge in [-0.25, -0.2) is 14.6 Å². The maximum Gasteiger partial charge on any atom is 0.354 e. The summed E-state index contributed by atoms with van der Waals surface area (Å²) in [6.07, 6.45) is -0.0195. The maximum atomic E-state index is 11.9. The standard InChI is InChI=1S/C16H20N2O5/c1-4-22-12-8-6-11(7-9-12)18-16(3,15(20)21)10-13(17-18)14(19)23-5-2/h6-9H,4-5,10H2,1-3H3,(H,20,21)/t16-/m0/s1. The van der Waals surface area contributed by atoms with Gasteiger partial charge in [0.05, 0.1) is 18.9 Å². The van der Waals surface area contributed by atoms with E-state index in [1.165, 1.54) is 11.9 Å². The lowest BCUT2D eigenvalue weighted by atomic mass is 9.95. The number of hydrogen-bond donors (Lipinski definition) is 1. The van der Waals surface area contributed by atoms with Gasteiger partial charge < -0.3 is 14.6 Å². The Hall–Kier alpha value is -2.57. The number of esters is 1. The smallest absolute Gasteiger partial charge is 0.354 e. The fourth-order valence-electron chi connectivity index (χ4n) is 2.35. The van der Waals surface area contributed by atoms with Crippen molar-refractivity contribution in [2.75, 3.05) is 18.2 Å². The number of aliphatic carboxylic acids is 1. The highest BCUT2D eigenvalue weighted by Gasteiger charge is 2.48. The molecule has 0 amide bonds. The van der Waals surface area contributed by atoms with E-state index in [0.717, 1.165) is 0 Å². The third-order valence-corrected chi connectivity index (χ3v) is 3.56. The number of benzene rings is 1. The van der Waals surface area contributed by atoms with Crippen molar-refractivity contribution in [3.8, 4) is 5.75 Å². The highest BCUT2D eigenvalue weighted by Crippen LogP contribution is 2.34. The highest BCUT2D eigenvalue weighted by molar-refractivity contribution is 6.38. The van der Waals surface area contributed by atoms with Crippen molar-refractivity contribution in [2.45, 2.75) is 32.7 Å². The number of carboxylic acids is 1. The van der Waals surface area contributed by atoms with Crippen molar-refractivity contribution in [3.63, 3.8) is 0 Å². The average Bonchev–Trinajstić information content (AvgIpc) is 2.88. The number of nitrogens with zero attached hydrogens (tertiary/aromatic N) is 2. The summed E-state index contributed by atoms with van der Waals surface area (Å²) in [7, 11) is 0. The number of ether oxygens (including phenoxy) is 2. The van der Waals surface area contributed by atoms with Crippen LogP contribution in [0.5, 0.6) is 5.75 Å². The molecule has 0 saturated heterocycles. The number of rotatable bonds is 6. The monoisotopic (exact) mass is 320 g/mol. The summed E-state index contributed by atoms with van der Waals surface area (Å²) in [5.74, 6) is -0.968. The molecule has 1 heterocycles. The van der Waals surface area contributed by atoms with Crippen LogP contribution in [-0.2, 0) is 14.3 Å². The number of hydrazone groups is 1. The first-order valence-electron chi connectivity index (χ1n) is 7.43. The van der Waals surface area contributed by atoms with Crippen LogP contribution in [0.2, 0.25) is 0 Å². The molecule has 7 nitrogen and oxygen atoms in total. The quantitative estimate of drug-likeness (QED) is 0.807. The van der Waals surface area contributed by atoms with Gasteiger partial charge in [0.15, 0.2) is 5.54 Å². The Balaban J connectivity index is 2.34. The Bertz CT molecular complexity index is 626. The lowest BCUT2D eigenvalue weighted by molar-refractivity contribution is -0.142. The van der Waals surface area contributed by atoms with E-state index in [1.54, 1.807) is 31.2 Å². The van der Waals surface area contributed by atoms with Gasteiger partial charge in [0.2, 0.25) is 0 Å². The maximum absolute atomic E-state index is 11.9. The molecule has 0 radical (unpaired) electrons. The van der Waals surface area contributed by atoms with Crippen LogP contribution in [0, 0.1) is 0 Å². The zero-order valence-electron chi connectivity index (χ0n) is 13.4. The normalized spacial score (nSPS) is 20.1. The summed E-state index contributed by atoms with van der Waals surface area (Å²) >= 11 is 0. The minimum Gasteiger partial charge on any atom is -0.494 e. The lowest BCUT2D eigenvalue weighted by Gasteiger charge is -2.30. The summed E-state index contributed by atoms with van der Waals surface area (Å²) in [6, 6.07) is 6.89. The third kappa shape index (κ3) is 3.28. The van der Waals surface area contributed by atoms with E-state index >= 15 is 0 Å². The first-order valence-corrected chi connectivity index (χ1v) is 7.43. The van der Waals surface area contributed by atoms with Gasteiger partial charge in [-0.2, -0.15) is 5.10 Å². The van der Waals surface area contributed by atoms with E-state index in [1.807, 2.05) is 6.92 Å². The molecule has 124 valence electrons. The first kappa shape index (κ1) is 16.8. The molecule has 2 rings (SSSR count). The number of carboxylic acid groups (broad SMARTS) is 1. The molecule has 23 heavy (non-hydrogen) atoms. The van der Waals surface area contributed by atoms with Gasteiger partial charge in [-0.05, 0) is 45.0 Å². The summed E-state index contributed by atoms with van der Waals surface area (Å²) < 4.78 is 10.3. The molecule has 0 spiro atoms. The summed E-state index contributed by atoms with van der Waals surface area (Å²) in [4.78, 5) is 23.6. The van der Waals surface area contributed by atoms with Crippen LogP contribution in [0.3, 0.4) is 0 Å². The highest BCUT2D eigenvalue weighted by atomic mass is 16.5. The van der Waals surface area contributed by atoms with Gasteiger partial charge in [0.1, 0.15) is 11.5 Å². The SMILES string of the molecule is CCOC(=O)C1=NN(c2ccc(OCC)cc2)[C@](C)(C(=O)O)C1. The predicted molar refractivity (Wildman–Crippen MR) is 84.8 cm³/mol. The minimum absolute atomic E-state index is 0.0195. The van der Waals surface area contributed by atoms with Gasteiger partial charge in [0.25, 0.3) is 0 Å². The van der Waals surface area contributed by atoms with Crippen LogP contribution in [0.4, 0.5) is 5.69 Å². The predicted octanol–water partition coefficient (Wildman–Crippen LogP) is 2.06. The molecule has 1 aliphatic heterocycles. The molecule has 0 unspecified atom stereocenters. The van der Waals surface area contributed by atoms with Crippen LogP contribution in [0.25, 0.3) is 0 Å². The molecule has 1 aromatic carbocycles. The third-order valence-electron chi connectivity index (χ3n) is 3.56. The van der Waals surface area contributed by atoms with Crippen LogP contribution in [0.15, 0.2) is 29.4 Å². The molecule has 0 aromatic heterocycles. The van der Waals surface area contributed by atoms with E-state index in [2.05, 4.69) is 5.10 Å². The molecule has 7 heteroatoms. The second-order valence-electron chi connectivity index (χ2n) is 5.26. The first-order chi connectivity index (χ1) is 10.9. The Morgan fingerprint density at radius 2 is 1.91 bits per heavy atom. The van der Waals surface area contributed by atoms with Crippen LogP contribution < -0.4 is 9.75 Å². The molecule has 1 N–H and O–H groups in total. The molecule has 0 bridgehead atoms. The molecular weight excluding hydrogens is 300 g/mol. The lowest BCUT2D eigenvalue weighted by Crippen LogP contribution is -2.47. The number of anilines is 1. The van der Waals surface area contributed by atoms with Crippen LogP contribution in [0.1, 0.15) is 27.2 Å². The molecular formula is C16H20N2O5. The van der Waals surface area contributed by atoms with E-state index in [9.17, 15) is 14.7 Å². The van der Waals surface area contributed by atoms with E-state index in [0.29, 0.717) is 18.0 Å². The minimum atomic E-state index is -1.34. The summed E-state index contributed by atoms with van der Waals surface area (Å²) in [6.45, 7) is 5.85. The van der Waals surface area contributed by atoms with Gasteiger partial charge in [-0.3, -0.25) is 0 Å². The molecule has 0 aliphatic carbocycles. The summed E-state index contributed by atoms with van der Waals surface area (Å²) in [5, 5.41) is 15.1. The van der Waals surface area contributed by atoms with Crippen molar-refractivity contribution >= 4 is 23.3 Å². The molecule has 0 fully saturated rings. The average molecular weight is 320 g/mol. The molecule has 0 saturated carbocycles. The van der Waals surface area contributed by atoms with Crippen molar-refractivity contribution in [2.24, 2.45) is 5.10 Å². The van der Waals surface area contributed by atoms with Crippen LogP contribution in [-0.4, -0.2) is 41.5 Å². The molecule has 1 aromatic rings. The summed E-state index contributed by atoms with van der Waals surface area (Å²) in [5.41, 5.74) is -0.668. The van der Waals surface area contributed by atoms with Crippen molar-refractivity contribution < 1.29 is 24.2 Å². The zero-order chi connectivity index (χ0) is 17.0. The Kier molecular flexibility index (Phi) is 4.88. The van der Waals surface area contributed by atoms with Gasteiger partial charge >= 0.3 is 11.9 Å².